The van der Waals surface area contributed by atoms with Crippen LogP contribution in [0.2, 0.25) is 0 Å². The van der Waals surface area contributed by atoms with Crippen molar-refractivity contribution in [2.75, 3.05) is 18.2 Å². The van der Waals surface area contributed by atoms with Gasteiger partial charge in [0.1, 0.15) is 5.75 Å². The molecule has 0 unspecified atom stereocenters. The van der Waals surface area contributed by atoms with Crippen LogP contribution in [0.3, 0.4) is 0 Å². The van der Waals surface area contributed by atoms with Crippen LogP contribution < -0.4 is 15.8 Å². The van der Waals surface area contributed by atoms with Gasteiger partial charge >= 0.3 is 0 Å². The fourth-order valence-corrected chi connectivity index (χ4v) is 3.34. The number of rotatable bonds is 3. The van der Waals surface area contributed by atoms with E-state index in [1.807, 2.05) is 30.3 Å². The van der Waals surface area contributed by atoms with Gasteiger partial charge < -0.3 is 15.8 Å². The van der Waals surface area contributed by atoms with Crippen LogP contribution in [0.5, 0.6) is 5.75 Å². The standard InChI is InChI=1S/C13H11Br2IN2O/c1-19-13-6-12(8(14)5-9(13)15)18-11-3-2-7(16)4-10(11)17/h2-6,18H,17H2,1H3. The molecule has 0 aromatic heterocycles. The van der Waals surface area contributed by atoms with E-state index in [9.17, 15) is 0 Å². The molecular formula is C13H11Br2IN2O. The molecule has 2 aromatic rings. The van der Waals surface area contributed by atoms with Gasteiger partial charge in [-0.1, -0.05) is 0 Å². The minimum absolute atomic E-state index is 0.709. The Morgan fingerprint density at radius 2 is 1.84 bits per heavy atom. The Bertz CT molecular complexity index is 620. The Morgan fingerprint density at radius 1 is 1.11 bits per heavy atom. The molecule has 0 spiro atoms. The lowest BCUT2D eigenvalue weighted by Crippen LogP contribution is -1.98. The first-order valence-corrected chi connectivity index (χ1v) is 8.03. The molecule has 0 radical (unpaired) electrons. The first kappa shape index (κ1) is 14.9. The zero-order valence-corrected chi connectivity index (χ0v) is 15.3. The number of hydrogen-bond acceptors (Lipinski definition) is 3. The summed E-state index contributed by atoms with van der Waals surface area (Å²) in [4.78, 5) is 0. The van der Waals surface area contributed by atoms with Crippen molar-refractivity contribution in [2.45, 2.75) is 0 Å². The van der Waals surface area contributed by atoms with Crippen LogP contribution >= 0.6 is 54.5 Å². The molecule has 0 aliphatic rings. The van der Waals surface area contributed by atoms with Gasteiger partial charge in [-0.05, 0) is 78.7 Å². The number of benzene rings is 2. The number of nitrogens with two attached hydrogens (primary N) is 1. The molecule has 0 heterocycles. The molecule has 3 N–H and O–H groups in total. The quantitative estimate of drug-likeness (QED) is 0.455. The Balaban J connectivity index is 2.37. The van der Waals surface area contributed by atoms with Gasteiger partial charge in [-0.25, -0.2) is 0 Å². The van der Waals surface area contributed by atoms with Gasteiger partial charge in [0.15, 0.2) is 0 Å². The average Bonchev–Trinajstić information content (AvgIpc) is 2.35. The molecule has 0 saturated heterocycles. The molecule has 0 aliphatic heterocycles. The van der Waals surface area contributed by atoms with Gasteiger partial charge in [0, 0.05) is 14.1 Å². The highest BCUT2D eigenvalue weighted by molar-refractivity contribution is 14.1. The number of halogens is 3. The number of ether oxygens (including phenoxy) is 1. The summed E-state index contributed by atoms with van der Waals surface area (Å²) >= 11 is 9.19. The molecule has 6 heteroatoms. The summed E-state index contributed by atoms with van der Waals surface area (Å²) < 4.78 is 8.21. The molecule has 0 bridgehead atoms. The molecule has 19 heavy (non-hydrogen) atoms. The van der Waals surface area contributed by atoms with Crippen LogP contribution in [0.4, 0.5) is 17.1 Å². The van der Waals surface area contributed by atoms with Crippen molar-refractivity contribution in [2.24, 2.45) is 0 Å². The lowest BCUT2D eigenvalue weighted by molar-refractivity contribution is 0.412. The summed E-state index contributed by atoms with van der Waals surface area (Å²) in [7, 11) is 1.64. The van der Waals surface area contributed by atoms with Gasteiger partial charge in [0.2, 0.25) is 0 Å². The van der Waals surface area contributed by atoms with Crippen LogP contribution in [-0.4, -0.2) is 7.11 Å². The zero-order valence-electron chi connectivity index (χ0n) is 10.0. The van der Waals surface area contributed by atoms with Crippen molar-refractivity contribution in [3.63, 3.8) is 0 Å². The second kappa shape index (κ2) is 6.32. The maximum Gasteiger partial charge on any atom is 0.135 e. The molecule has 0 amide bonds. The molecule has 0 atom stereocenters. The van der Waals surface area contributed by atoms with Crippen molar-refractivity contribution < 1.29 is 4.74 Å². The Morgan fingerprint density at radius 3 is 2.47 bits per heavy atom. The molecule has 0 saturated carbocycles. The summed E-state index contributed by atoms with van der Waals surface area (Å²) in [6.45, 7) is 0. The number of nitrogen functional groups attached to an aromatic ring is 1. The first-order chi connectivity index (χ1) is 9.01. The monoisotopic (exact) mass is 496 g/mol. The third-order valence-electron chi connectivity index (χ3n) is 2.52. The van der Waals surface area contributed by atoms with Gasteiger partial charge in [0.05, 0.1) is 28.6 Å². The number of hydrogen-bond donors (Lipinski definition) is 2. The van der Waals surface area contributed by atoms with E-state index < -0.39 is 0 Å². The number of methoxy groups -OCH3 is 1. The summed E-state index contributed by atoms with van der Waals surface area (Å²) in [6.07, 6.45) is 0. The highest BCUT2D eigenvalue weighted by Gasteiger charge is 2.08. The van der Waals surface area contributed by atoms with Gasteiger partial charge in [-0.2, -0.15) is 0 Å². The summed E-state index contributed by atoms with van der Waals surface area (Å²) in [5, 5.41) is 3.29. The van der Waals surface area contributed by atoms with Gasteiger partial charge in [-0.3, -0.25) is 0 Å². The van der Waals surface area contributed by atoms with Crippen molar-refractivity contribution in [3.05, 3.63) is 42.8 Å². The molecule has 2 aromatic carbocycles. The Kier molecular flexibility index (Phi) is 4.97. The zero-order chi connectivity index (χ0) is 14.0. The second-order valence-electron chi connectivity index (χ2n) is 3.82. The summed E-state index contributed by atoms with van der Waals surface area (Å²) in [5.74, 6) is 0.759. The largest absolute Gasteiger partial charge is 0.495 e. The van der Waals surface area contributed by atoms with E-state index in [4.69, 9.17) is 10.5 Å². The predicted octanol–water partition coefficient (Wildman–Crippen LogP) is 5.15. The van der Waals surface area contributed by atoms with Gasteiger partial charge in [-0.15, -0.1) is 0 Å². The fourth-order valence-electron chi connectivity index (χ4n) is 1.57. The number of anilines is 3. The molecule has 0 aliphatic carbocycles. The van der Waals surface area contributed by atoms with Crippen LogP contribution in [0.15, 0.2) is 39.3 Å². The molecule has 100 valence electrons. The normalized spacial score (nSPS) is 10.3. The molecule has 3 nitrogen and oxygen atoms in total. The van der Waals surface area contributed by atoms with E-state index in [2.05, 4.69) is 59.8 Å². The maximum atomic E-state index is 6.00. The Hall–Kier alpha value is -0.470. The van der Waals surface area contributed by atoms with Gasteiger partial charge in [0.25, 0.3) is 0 Å². The molecule has 0 fully saturated rings. The first-order valence-electron chi connectivity index (χ1n) is 5.36. The minimum atomic E-state index is 0.709. The van der Waals surface area contributed by atoms with E-state index in [0.717, 1.165) is 29.6 Å². The average molecular weight is 498 g/mol. The SMILES string of the molecule is COc1cc(Nc2ccc(I)cc2N)c(Br)cc1Br. The lowest BCUT2D eigenvalue weighted by Gasteiger charge is -2.13. The van der Waals surface area contributed by atoms with E-state index in [-0.39, 0.29) is 0 Å². The van der Waals surface area contributed by atoms with Crippen molar-refractivity contribution in [1.82, 2.24) is 0 Å². The Labute approximate surface area is 142 Å². The van der Waals surface area contributed by atoms with E-state index in [0.29, 0.717) is 5.69 Å². The van der Waals surface area contributed by atoms with Crippen LogP contribution in [0.25, 0.3) is 0 Å². The van der Waals surface area contributed by atoms with Crippen LogP contribution in [0, 0.1) is 3.57 Å². The van der Waals surface area contributed by atoms with E-state index >= 15 is 0 Å². The summed E-state index contributed by atoms with van der Waals surface area (Å²) in [6, 6.07) is 9.73. The topological polar surface area (TPSA) is 47.3 Å². The lowest BCUT2D eigenvalue weighted by atomic mass is 10.2. The third kappa shape index (κ3) is 3.55. The predicted molar refractivity (Wildman–Crippen MR) is 95.2 cm³/mol. The molecule has 2 rings (SSSR count). The summed E-state index contributed by atoms with van der Waals surface area (Å²) in [5.41, 5.74) is 8.47. The maximum absolute atomic E-state index is 6.00. The van der Waals surface area contributed by atoms with Crippen molar-refractivity contribution in [1.29, 1.82) is 0 Å². The molecular weight excluding hydrogens is 487 g/mol. The van der Waals surface area contributed by atoms with Crippen molar-refractivity contribution in [3.8, 4) is 5.75 Å². The highest BCUT2D eigenvalue weighted by Crippen LogP contribution is 2.37. The number of nitrogens with one attached hydrogen (secondary N) is 1. The van der Waals surface area contributed by atoms with Crippen molar-refractivity contribution >= 4 is 71.5 Å². The highest BCUT2D eigenvalue weighted by atomic mass is 127. The minimum Gasteiger partial charge on any atom is -0.495 e. The van der Waals surface area contributed by atoms with E-state index in [1.54, 1.807) is 7.11 Å². The second-order valence-corrected chi connectivity index (χ2v) is 6.78. The van der Waals surface area contributed by atoms with Crippen LogP contribution in [-0.2, 0) is 0 Å². The smallest absolute Gasteiger partial charge is 0.135 e. The van der Waals surface area contributed by atoms with E-state index in [1.165, 1.54) is 0 Å². The van der Waals surface area contributed by atoms with Crippen LogP contribution in [0.1, 0.15) is 0 Å². The fraction of sp³-hybridized carbons (Fsp3) is 0.0769. The third-order valence-corrected chi connectivity index (χ3v) is 4.47.